The summed E-state index contributed by atoms with van der Waals surface area (Å²) in [5, 5.41) is 6.17. The molecular weight excluding hydrogens is 258 g/mol. The molecule has 112 valence electrons. The maximum atomic E-state index is 5.46. The molecule has 0 aliphatic heterocycles. The van der Waals surface area contributed by atoms with E-state index in [1.54, 1.807) is 7.11 Å². The van der Waals surface area contributed by atoms with Crippen LogP contribution >= 0.6 is 0 Å². The lowest BCUT2D eigenvalue weighted by atomic mass is 9.89. The zero-order chi connectivity index (χ0) is 14.7. The number of benzene rings is 2. The van der Waals surface area contributed by atoms with Crippen LogP contribution in [0.2, 0.25) is 0 Å². The number of ether oxygens (including phenoxy) is 1. The molecule has 0 unspecified atom stereocenters. The second-order valence-electron chi connectivity index (χ2n) is 6.59. The average molecular weight is 283 g/mol. The summed E-state index contributed by atoms with van der Waals surface area (Å²) in [5.74, 6) is 0.956. The van der Waals surface area contributed by atoms with Crippen molar-refractivity contribution < 1.29 is 4.74 Å². The smallest absolute Gasteiger partial charge is 0.126 e. The summed E-state index contributed by atoms with van der Waals surface area (Å²) < 4.78 is 5.46. The molecule has 0 bridgehead atoms. The van der Waals surface area contributed by atoms with E-state index in [4.69, 9.17) is 4.74 Å². The quantitative estimate of drug-likeness (QED) is 0.871. The van der Waals surface area contributed by atoms with Crippen LogP contribution in [-0.2, 0) is 6.54 Å². The Morgan fingerprint density at radius 2 is 1.76 bits per heavy atom. The van der Waals surface area contributed by atoms with Crippen LogP contribution in [0.4, 0.5) is 0 Å². The van der Waals surface area contributed by atoms with Gasteiger partial charge in [-0.1, -0.05) is 50.1 Å². The van der Waals surface area contributed by atoms with Gasteiger partial charge in [-0.15, -0.1) is 0 Å². The summed E-state index contributed by atoms with van der Waals surface area (Å²) in [7, 11) is 1.74. The number of rotatable bonds is 5. The highest BCUT2D eigenvalue weighted by atomic mass is 16.5. The summed E-state index contributed by atoms with van der Waals surface area (Å²) in [5.41, 5.74) is 1.86. The summed E-state index contributed by atoms with van der Waals surface area (Å²) in [6, 6.07) is 12.8. The van der Waals surface area contributed by atoms with E-state index >= 15 is 0 Å². The fourth-order valence-corrected chi connectivity index (χ4v) is 3.57. The average Bonchev–Trinajstić information content (AvgIpc) is 2.94. The summed E-state index contributed by atoms with van der Waals surface area (Å²) >= 11 is 0. The molecule has 0 atom stereocenters. The van der Waals surface area contributed by atoms with Crippen LogP contribution < -0.4 is 10.1 Å². The first-order chi connectivity index (χ1) is 10.2. The lowest BCUT2D eigenvalue weighted by Gasteiger charge is -2.24. The van der Waals surface area contributed by atoms with E-state index in [0.29, 0.717) is 5.41 Å². The van der Waals surface area contributed by atoms with Gasteiger partial charge in [0.05, 0.1) is 7.11 Å². The molecule has 0 aromatic heterocycles. The van der Waals surface area contributed by atoms with E-state index in [-0.39, 0.29) is 0 Å². The Bertz CT molecular complexity index is 614. The van der Waals surface area contributed by atoms with Crippen molar-refractivity contribution in [3.05, 3.63) is 42.0 Å². The lowest BCUT2D eigenvalue weighted by molar-refractivity contribution is 0.315. The van der Waals surface area contributed by atoms with E-state index in [9.17, 15) is 0 Å². The third-order valence-corrected chi connectivity index (χ3v) is 4.87. The minimum Gasteiger partial charge on any atom is -0.496 e. The van der Waals surface area contributed by atoms with Gasteiger partial charge in [-0.3, -0.25) is 0 Å². The molecule has 1 fully saturated rings. The standard InChI is InChI=1S/C19H25NO/c1-19(11-5-6-12-19)14-20-13-15-9-10-18(21-2)17-8-4-3-7-16(15)17/h3-4,7-10,20H,5-6,11-14H2,1-2H3. The van der Waals surface area contributed by atoms with Crippen molar-refractivity contribution in [1.29, 1.82) is 0 Å². The van der Waals surface area contributed by atoms with Crippen LogP contribution in [0.15, 0.2) is 36.4 Å². The molecule has 3 rings (SSSR count). The zero-order valence-electron chi connectivity index (χ0n) is 13.1. The van der Waals surface area contributed by atoms with Crippen molar-refractivity contribution in [1.82, 2.24) is 5.32 Å². The van der Waals surface area contributed by atoms with Gasteiger partial charge in [0.1, 0.15) is 5.75 Å². The highest BCUT2D eigenvalue weighted by Crippen LogP contribution is 2.37. The molecule has 2 aromatic carbocycles. The zero-order valence-corrected chi connectivity index (χ0v) is 13.1. The normalized spacial score (nSPS) is 17.2. The second-order valence-corrected chi connectivity index (χ2v) is 6.59. The van der Waals surface area contributed by atoms with Crippen molar-refractivity contribution in [3.8, 4) is 5.75 Å². The fourth-order valence-electron chi connectivity index (χ4n) is 3.57. The Morgan fingerprint density at radius 3 is 2.48 bits per heavy atom. The topological polar surface area (TPSA) is 21.3 Å². The predicted octanol–water partition coefficient (Wildman–Crippen LogP) is 4.52. The third kappa shape index (κ3) is 3.06. The molecule has 2 heteroatoms. The van der Waals surface area contributed by atoms with Gasteiger partial charge in [0.15, 0.2) is 0 Å². The molecule has 1 saturated carbocycles. The highest BCUT2D eigenvalue weighted by Gasteiger charge is 2.27. The van der Waals surface area contributed by atoms with Gasteiger partial charge in [0.25, 0.3) is 0 Å². The predicted molar refractivity (Wildman–Crippen MR) is 88.8 cm³/mol. The van der Waals surface area contributed by atoms with Gasteiger partial charge < -0.3 is 10.1 Å². The molecule has 21 heavy (non-hydrogen) atoms. The van der Waals surface area contributed by atoms with Crippen LogP contribution in [-0.4, -0.2) is 13.7 Å². The van der Waals surface area contributed by atoms with Gasteiger partial charge >= 0.3 is 0 Å². The van der Waals surface area contributed by atoms with Crippen LogP contribution in [0.25, 0.3) is 10.8 Å². The van der Waals surface area contributed by atoms with Crippen molar-refractivity contribution in [2.75, 3.05) is 13.7 Å². The largest absolute Gasteiger partial charge is 0.496 e. The molecule has 1 aliphatic rings. The molecule has 0 radical (unpaired) electrons. The molecule has 0 heterocycles. The second kappa shape index (κ2) is 6.07. The van der Waals surface area contributed by atoms with Crippen LogP contribution in [0.1, 0.15) is 38.2 Å². The van der Waals surface area contributed by atoms with Crippen molar-refractivity contribution in [2.24, 2.45) is 5.41 Å². The molecule has 2 aromatic rings. The third-order valence-electron chi connectivity index (χ3n) is 4.87. The van der Waals surface area contributed by atoms with Gasteiger partial charge in [-0.05, 0) is 35.3 Å². The van der Waals surface area contributed by atoms with Crippen LogP contribution in [0.3, 0.4) is 0 Å². The summed E-state index contributed by atoms with van der Waals surface area (Å²) in [4.78, 5) is 0. The number of nitrogens with one attached hydrogen (secondary N) is 1. The Morgan fingerprint density at radius 1 is 1.05 bits per heavy atom. The molecular formula is C19H25NO. The summed E-state index contributed by atoms with van der Waals surface area (Å²) in [6.07, 6.45) is 5.51. The highest BCUT2D eigenvalue weighted by molar-refractivity contribution is 5.91. The van der Waals surface area contributed by atoms with Gasteiger partial charge in [-0.2, -0.15) is 0 Å². The fraction of sp³-hybridized carbons (Fsp3) is 0.474. The minimum atomic E-state index is 0.502. The van der Waals surface area contributed by atoms with Crippen molar-refractivity contribution in [3.63, 3.8) is 0 Å². The Kier molecular flexibility index (Phi) is 4.16. The van der Waals surface area contributed by atoms with E-state index in [0.717, 1.165) is 18.8 Å². The first-order valence-electron chi connectivity index (χ1n) is 7.97. The molecule has 2 nitrogen and oxygen atoms in total. The monoisotopic (exact) mass is 283 g/mol. The maximum absolute atomic E-state index is 5.46. The Balaban J connectivity index is 1.75. The maximum Gasteiger partial charge on any atom is 0.126 e. The van der Waals surface area contributed by atoms with Gasteiger partial charge in [0.2, 0.25) is 0 Å². The minimum absolute atomic E-state index is 0.502. The van der Waals surface area contributed by atoms with Gasteiger partial charge in [0, 0.05) is 18.5 Å². The van der Waals surface area contributed by atoms with E-state index < -0.39 is 0 Å². The number of hydrogen-bond donors (Lipinski definition) is 1. The first kappa shape index (κ1) is 14.4. The molecule has 1 aliphatic carbocycles. The number of methoxy groups -OCH3 is 1. The Hall–Kier alpha value is -1.54. The first-order valence-corrected chi connectivity index (χ1v) is 7.97. The van der Waals surface area contributed by atoms with Gasteiger partial charge in [-0.25, -0.2) is 0 Å². The molecule has 1 N–H and O–H groups in total. The lowest BCUT2D eigenvalue weighted by Crippen LogP contribution is -2.29. The molecule has 0 amide bonds. The molecule has 0 saturated heterocycles. The van der Waals surface area contributed by atoms with Crippen LogP contribution in [0, 0.1) is 5.41 Å². The Labute approximate surface area is 127 Å². The van der Waals surface area contributed by atoms with E-state index in [2.05, 4.69) is 48.6 Å². The van der Waals surface area contributed by atoms with Crippen LogP contribution in [0.5, 0.6) is 5.75 Å². The van der Waals surface area contributed by atoms with Crippen molar-refractivity contribution >= 4 is 10.8 Å². The van der Waals surface area contributed by atoms with E-state index in [1.807, 2.05) is 0 Å². The number of hydrogen-bond acceptors (Lipinski definition) is 2. The number of fused-ring (bicyclic) bond motifs is 1. The SMILES string of the molecule is COc1ccc(CNCC2(C)CCCC2)c2ccccc12. The molecule has 0 spiro atoms. The summed E-state index contributed by atoms with van der Waals surface area (Å²) in [6.45, 7) is 4.46. The van der Waals surface area contributed by atoms with E-state index in [1.165, 1.54) is 42.0 Å². The van der Waals surface area contributed by atoms with Crippen molar-refractivity contribution in [2.45, 2.75) is 39.2 Å².